The number of β-lactam (4-membered cyclic amide) rings is 1. The summed E-state index contributed by atoms with van der Waals surface area (Å²) >= 11 is 2.60. The van der Waals surface area contributed by atoms with Crippen LogP contribution in [0.25, 0.3) is 0 Å². The first-order valence-electron chi connectivity index (χ1n) is 7.53. The number of aliphatic carboxylic acids is 1. The lowest BCUT2D eigenvalue weighted by Crippen LogP contribution is -2.70. The molecule has 14 heteroatoms. The first-order chi connectivity index (χ1) is 12.7. The minimum absolute atomic E-state index is 0.103. The molecule has 2 aliphatic heterocycles. The van der Waals surface area contributed by atoms with E-state index in [1.54, 1.807) is 0 Å². The van der Waals surface area contributed by atoms with Crippen LogP contribution in [0, 0.1) is 0 Å². The Morgan fingerprint density at radius 3 is 2.85 bits per heavy atom. The van der Waals surface area contributed by atoms with Crippen LogP contribution in [0.3, 0.4) is 0 Å². The molecule has 3 heterocycles. The van der Waals surface area contributed by atoms with Gasteiger partial charge in [0.25, 0.3) is 5.91 Å². The molecule has 1 fully saturated rings. The summed E-state index contributed by atoms with van der Waals surface area (Å²) in [4.78, 5) is 37.0. The van der Waals surface area contributed by atoms with Crippen molar-refractivity contribution in [1.82, 2.24) is 25.6 Å². The first kappa shape index (κ1) is 19.7. The molecule has 1 saturated heterocycles. The van der Waals surface area contributed by atoms with Gasteiger partial charge in [0.1, 0.15) is 27.9 Å². The van der Waals surface area contributed by atoms with Crippen molar-refractivity contribution in [3.8, 4) is 0 Å². The van der Waals surface area contributed by atoms with Crippen LogP contribution in [-0.4, -0.2) is 86.5 Å². The molecule has 27 heavy (non-hydrogen) atoms. The van der Waals surface area contributed by atoms with Crippen LogP contribution in [0.4, 0.5) is 0 Å². The molecule has 3 N–H and O–H groups in total. The zero-order valence-electron chi connectivity index (χ0n) is 13.9. The van der Waals surface area contributed by atoms with E-state index in [1.165, 1.54) is 29.7 Å². The largest absolute Gasteiger partial charge is 0.477 e. The van der Waals surface area contributed by atoms with Gasteiger partial charge in [0.05, 0.1) is 6.20 Å². The lowest BCUT2D eigenvalue weighted by Gasteiger charge is -2.49. The van der Waals surface area contributed by atoms with Crippen molar-refractivity contribution in [2.45, 2.75) is 16.4 Å². The minimum Gasteiger partial charge on any atom is -0.477 e. The fraction of sp³-hybridized carbons (Fsp3) is 0.462. The van der Waals surface area contributed by atoms with Gasteiger partial charge in [-0.2, -0.15) is 10.3 Å². The Morgan fingerprint density at radius 2 is 2.26 bits per heavy atom. The number of carboxylic acid groups (broad SMARTS) is 1. The zero-order valence-corrected chi connectivity index (χ0v) is 16.4. The van der Waals surface area contributed by atoms with Crippen LogP contribution in [0.15, 0.2) is 22.5 Å². The molecule has 1 aromatic rings. The highest BCUT2D eigenvalue weighted by Gasteiger charge is 2.54. The van der Waals surface area contributed by atoms with Crippen LogP contribution in [-0.2, 0) is 24.2 Å². The summed E-state index contributed by atoms with van der Waals surface area (Å²) in [5, 5.41) is 22.0. The van der Waals surface area contributed by atoms with Crippen molar-refractivity contribution < 1.29 is 27.9 Å². The van der Waals surface area contributed by atoms with Gasteiger partial charge < -0.3 is 10.4 Å². The number of sulfone groups is 1. The number of nitrogens with zero attached hydrogens (tertiary/aromatic N) is 3. The van der Waals surface area contributed by atoms with E-state index in [0.29, 0.717) is 22.1 Å². The fourth-order valence-electron chi connectivity index (χ4n) is 2.67. The number of H-pyrrole nitrogens is 1. The van der Waals surface area contributed by atoms with Gasteiger partial charge in [-0.05, 0) is 5.57 Å². The quantitative estimate of drug-likeness (QED) is 0.347. The number of hydrogen-bond donors (Lipinski definition) is 3. The molecule has 0 spiro atoms. The van der Waals surface area contributed by atoms with Crippen molar-refractivity contribution in [1.29, 1.82) is 0 Å². The van der Waals surface area contributed by atoms with Crippen molar-refractivity contribution in [2.75, 3.05) is 23.5 Å². The van der Waals surface area contributed by atoms with E-state index in [-0.39, 0.29) is 5.70 Å². The van der Waals surface area contributed by atoms with E-state index in [4.69, 9.17) is 0 Å². The van der Waals surface area contributed by atoms with E-state index < -0.39 is 44.8 Å². The molecule has 0 unspecified atom stereocenters. The predicted molar refractivity (Wildman–Crippen MR) is 96.5 cm³/mol. The Kier molecular flexibility index (Phi) is 5.48. The van der Waals surface area contributed by atoms with Gasteiger partial charge >= 0.3 is 5.97 Å². The highest BCUT2D eigenvalue weighted by molar-refractivity contribution is 8.01. The van der Waals surface area contributed by atoms with Gasteiger partial charge in [-0.1, -0.05) is 11.8 Å². The number of rotatable bonds is 7. The van der Waals surface area contributed by atoms with E-state index in [1.807, 2.05) is 0 Å². The Balaban J connectivity index is 1.72. The third-order valence-corrected chi connectivity index (χ3v) is 6.86. The summed E-state index contributed by atoms with van der Waals surface area (Å²) in [6.45, 7) is 0. The van der Waals surface area contributed by atoms with Gasteiger partial charge in [-0.25, -0.2) is 13.2 Å². The van der Waals surface area contributed by atoms with E-state index in [0.717, 1.165) is 11.2 Å². The van der Waals surface area contributed by atoms with Crippen molar-refractivity contribution >= 4 is 51.1 Å². The monoisotopic (exact) mass is 433 g/mol. The van der Waals surface area contributed by atoms with Gasteiger partial charge in [-0.3, -0.25) is 14.5 Å². The maximum absolute atomic E-state index is 12.4. The maximum atomic E-state index is 12.4. The average Bonchev–Trinajstić information content (AvgIpc) is 3.08. The number of aromatic nitrogens is 3. The van der Waals surface area contributed by atoms with Gasteiger partial charge in [0.15, 0.2) is 9.84 Å². The number of carbonyl (C=O) groups is 3. The summed E-state index contributed by atoms with van der Waals surface area (Å²) in [5.74, 6) is -2.64. The van der Waals surface area contributed by atoms with Gasteiger partial charge in [-0.15, -0.1) is 16.9 Å². The van der Waals surface area contributed by atoms with E-state index >= 15 is 0 Å². The maximum Gasteiger partial charge on any atom is 0.352 e. The Hall–Kier alpha value is -2.06. The number of hydrogen-bond acceptors (Lipinski definition) is 9. The summed E-state index contributed by atoms with van der Waals surface area (Å²) in [7, 11) is -3.53. The zero-order chi connectivity index (χ0) is 19.8. The lowest BCUT2D eigenvalue weighted by molar-refractivity contribution is -0.150. The van der Waals surface area contributed by atoms with Crippen LogP contribution in [0.2, 0.25) is 0 Å². The number of nitrogens with one attached hydrogen (secondary N) is 2. The molecule has 11 nitrogen and oxygen atoms in total. The highest BCUT2D eigenvalue weighted by atomic mass is 32.2. The van der Waals surface area contributed by atoms with Crippen LogP contribution < -0.4 is 5.32 Å². The van der Waals surface area contributed by atoms with E-state index in [9.17, 15) is 27.9 Å². The number of fused-ring (bicyclic) bond motifs is 1. The second kappa shape index (κ2) is 7.52. The molecule has 1 aromatic heterocycles. The summed E-state index contributed by atoms with van der Waals surface area (Å²) in [6.07, 6.45) is 2.42. The molecular weight excluding hydrogens is 418 g/mol. The second-order valence-corrected chi connectivity index (χ2v) is 10.1. The number of carboxylic acids is 1. The smallest absolute Gasteiger partial charge is 0.352 e. The van der Waals surface area contributed by atoms with Gasteiger partial charge in [0, 0.05) is 17.8 Å². The molecule has 2 atom stereocenters. The molecule has 146 valence electrons. The summed E-state index contributed by atoms with van der Waals surface area (Å²) in [5.41, 5.74) is 0.458. The van der Waals surface area contributed by atoms with E-state index in [2.05, 4.69) is 20.7 Å². The highest BCUT2D eigenvalue weighted by Crippen LogP contribution is 2.41. The minimum atomic E-state index is -3.53. The Morgan fingerprint density at radius 1 is 1.52 bits per heavy atom. The van der Waals surface area contributed by atoms with Gasteiger partial charge in [0.2, 0.25) is 5.91 Å². The fourth-order valence-corrected chi connectivity index (χ4v) is 5.50. The topological polar surface area (TPSA) is 162 Å². The van der Waals surface area contributed by atoms with Crippen molar-refractivity contribution in [2.24, 2.45) is 0 Å². The molecule has 3 rings (SSSR count). The van der Waals surface area contributed by atoms with Crippen LogP contribution in [0.1, 0.15) is 0 Å². The molecule has 0 saturated carbocycles. The SMILES string of the molecule is CS(=O)(=O)CC(=O)N[C@@H]1C(=O)N2C(C(=O)O)=C(CSc3cn[nH]n3)CS[C@H]12. The number of amides is 2. The third-order valence-electron chi connectivity index (χ3n) is 3.75. The molecule has 2 amide bonds. The number of aromatic amines is 1. The molecule has 0 radical (unpaired) electrons. The number of thioether (sulfide) groups is 2. The standard InChI is InChI=1S/C13H15N5O6S3/c1-27(23,24)5-7(19)15-9-11(20)18-10(13(21)22)6(4-26-12(9)18)3-25-8-2-14-17-16-8/h2,9,12H,3-5H2,1H3,(H,15,19)(H,21,22)(H,14,16,17)/t9-,12-/m1/s1. The first-order valence-corrected chi connectivity index (χ1v) is 11.6. The normalized spacial score (nSPS) is 22.3. The summed E-state index contributed by atoms with van der Waals surface area (Å²) < 4.78 is 22.4. The van der Waals surface area contributed by atoms with Crippen LogP contribution in [0.5, 0.6) is 0 Å². The lowest BCUT2D eigenvalue weighted by atomic mass is 10.0. The summed E-state index contributed by atoms with van der Waals surface area (Å²) in [6, 6.07) is -0.941. The molecule has 0 bridgehead atoms. The molecule has 0 aromatic carbocycles. The predicted octanol–water partition coefficient (Wildman–Crippen LogP) is -1.32. The Bertz CT molecular complexity index is 913. The molecular formula is C13H15N5O6S3. The second-order valence-electron chi connectivity index (χ2n) is 5.88. The van der Waals surface area contributed by atoms with Crippen molar-refractivity contribution in [3.63, 3.8) is 0 Å². The molecule has 2 aliphatic rings. The third kappa shape index (κ3) is 4.27. The Labute approximate surface area is 162 Å². The number of carbonyl (C=O) groups excluding carboxylic acids is 2. The van der Waals surface area contributed by atoms with Crippen LogP contribution >= 0.6 is 23.5 Å². The van der Waals surface area contributed by atoms with Crippen molar-refractivity contribution in [3.05, 3.63) is 17.5 Å². The average molecular weight is 433 g/mol. The molecule has 0 aliphatic carbocycles.